The van der Waals surface area contributed by atoms with Crippen molar-refractivity contribution in [1.82, 2.24) is 19.4 Å². The second-order valence-corrected chi connectivity index (χ2v) is 11.2. The molecular weight excluding hydrogens is 637 g/mol. The summed E-state index contributed by atoms with van der Waals surface area (Å²) in [4.78, 5) is 29.5. The summed E-state index contributed by atoms with van der Waals surface area (Å²) in [5.74, 6) is -0.445. The van der Waals surface area contributed by atoms with Gasteiger partial charge in [-0.05, 0) is 70.4 Å². The number of amides is 1. The van der Waals surface area contributed by atoms with Crippen LogP contribution < -0.4 is 15.7 Å². The predicted molar refractivity (Wildman–Crippen MR) is 157 cm³/mol. The van der Waals surface area contributed by atoms with Crippen LogP contribution in [0.1, 0.15) is 34.2 Å². The monoisotopic (exact) mass is 662 g/mol. The van der Waals surface area contributed by atoms with Gasteiger partial charge in [-0.2, -0.15) is 13.2 Å². The summed E-state index contributed by atoms with van der Waals surface area (Å²) in [6, 6.07) is 20.7. The standard InChI is InChI=1S/C30H27BrClF3N4O3/c1-19(30(33,34)35)42-23-10-8-22(9-11-23)39-27(28(40)36-16-20-5-3-2-4-6-20)26-18-37(13-14-38(26)29(39)41)17-21-7-12-24(31)25(32)15-21/h2-12,15,19H,13-14,16-18H2,1H3,(H,36,40)/t19-/m1/s1. The van der Waals surface area contributed by atoms with Crippen LogP contribution in [0.25, 0.3) is 5.69 Å². The minimum Gasteiger partial charge on any atom is -0.481 e. The highest BCUT2D eigenvalue weighted by molar-refractivity contribution is 9.10. The summed E-state index contributed by atoms with van der Waals surface area (Å²) >= 11 is 9.69. The van der Waals surface area contributed by atoms with Crippen molar-refractivity contribution in [2.24, 2.45) is 0 Å². The fourth-order valence-electron chi connectivity index (χ4n) is 4.82. The van der Waals surface area contributed by atoms with Gasteiger partial charge in [-0.3, -0.25) is 18.8 Å². The van der Waals surface area contributed by atoms with Crippen LogP contribution >= 0.6 is 27.5 Å². The first-order chi connectivity index (χ1) is 20.0. The molecule has 42 heavy (non-hydrogen) atoms. The number of imidazole rings is 1. The molecule has 0 radical (unpaired) electrons. The normalized spacial score (nSPS) is 14.3. The lowest BCUT2D eigenvalue weighted by atomic mass is 10.1. The number of fused-ring (bicyclic) bond motifs is 1. The lowest BCUT2D eigenvalue weighted by molar-refractivity contribution is -0.189. The smallest absolute Gasteiger partial charge is 0.425 e. The third-order valence-corrected chi connectivity index (χ3v) is 8.26. The molecule has 7 nitrogen and oxygen atoms in total. The van der Waals surface area contributed by atoms with Gasteiger partial charge < -0.3 is 10.1 Å². The zero-order valence-electron chi connectivity index (χ0n) is 22.5. The molecule has 220 valence electrons. The van der Waals surface area contributed by atoms with E-state index in [2.05, 4.69) is 26.1 Å². The molecule has 5 rings (SSSR count). The fraction of sp³-hybridized carbons (Fsp3) is 0.267. The number of rotatable bonds is 8. The van der Waals surface area contributed by atoms with E-state index in [1.807, 2.05) is 48.5 Å². The van der Waals surface area contributed by atoms with E-state index in [0.29, 0.717) is 42.6 Å². The number of carbonyl (C=O) groups is 1. The SMILES string of the molecule is C[C@@H](Oc1ccc(-n2c(C(=O)NCc3ccccc3)c3n(c2=O)CCN(Cc2ccc(Br)c(Cl)c2)C3)cc1)C(F)(F)F. The number of hydrogen-bond donors (Lipinski definition) is 1. The Balaban J connectivity index is 1.48. The van der Waals surface area contributed by atoms with E-state index in [0.717, 1.165) is 22.5 Å². The van der Waals surface area contributed by atoms with Gasteiger partial charge in [0.1, 0.15) is 11.4 Å². The van der Waals surface area contributed by atoms with E-state index in [1.165, 1.54) is 28.8 Å². The first-order valence-corrected chi connectivity index (χ1v) is 14.3. The van der Waals surface area contributed by atoms with Gasteiger partial charge in [-0.15, -0.1) is 0 Å². The number of nitrogens with one attached hydrogen (secondary N) is 1. The Labute approximate surface area is 253 Å². The highest BCUT2D eigenvalue weighted by atomic mass is 79.9. The summed E-state index contributed by atoms with van der Waals surface area (Å²) in [7, 11) is 0. The summed E-state index contributed by atoms with van der Waals surface area (Å²) in [6.45, 7) is 2.98. The molecule has 0 bridgehead atoms. The van der Waals surface area contributed by atoms with Crippen LogP contribution in [-0.2, 0) is 26.2 Å². The van der Waals surface area contributed by atoms with Crippen LogP contribution in [0.3, 0.4) is 0 Å². The van der Waals surface area contributed by atoms with Gasteiger partial charge >= 0.3 is 11.9 Å². The highest BCUT2D eigenvalue weighted by Gasteiger charge is 2.38. The molecular formula is C30H27BrClF3N4O3. The van der Waals surface area contributed by atoms with E-state index in [1.54, 1.807) is 4.57 Å². The minimum atomic E-state index is -4.52. The van der Waals surface area contributed by atoms with Gasteiger partial charge in [0.2, 0.25) is 0 Å². The first-order valence-electron chi connectivity index (χ1n) is 13.2. The van der Waals surface area contributed by atoms with Crippen LogP contribution in [0, 0.1) is 0 Å². The van der Waals surface area contributed by atoms with Crippen molar-refractivity contribution in [1.29, 1.82) is 0 Å². The second-order valence-electron chi connectivity index (χ2n) is 9.99. The molecule has 1 atom stereocenters. The Kier molecular flexibility index (Phi) is 8.81. The number of halogens is 5. The van der Waals surface area contributed by atoms with Crippen molar-refractivity contribution < 1.29 is 22.7 Å². The van der Waals surface area contributed by atoms with Crippen LogP contribution in [0.2, 0.25) is 5.02 Å². The van der Waals surface area contributed by atoms with E-state index in [9.17, 15) is 22.8 Å². The molecule has 1 aliphatic rings. The minimum absolute atomic E-state index is 0.00462. The molecule has 3 aromatic carbocycles. The number of carbonyl (C=O) groups excluding carboxylic acids is 1. The van der Waals surface area contributed by atoms with Crippen molar-refractivity contribution in [3.63, 3.8) is 0 Å². The molecule has 0 fully saturated rings. The van der Waals surface area contributed by atoms with Gasteiger partial charge in [0.25, 0.3) is 5.91 Å². The number of nitrogens with zero attached hydrogens (tertiary/aromatic N) is 3. The largest absolute Gasteiger partial charge is 0.481 e. The molecule has 0 saturated heterocycles. The lowest BCUT2D eigenvalue weighted by Gasteiger charge is -2.28. The predicted octanol–water partition coefficient (Wildman–Crippen LogP) is 6.33. The maximum atomic E-state index is 13.7. The Morgan fingerprint density at radius 3 is 2.43 bits per heavy atom. The number of ether oxygens (including phenoxy) is 1. The molecule has 0 unspecified atom stereocenters. The van der Waals surface area contributed by atoms with E-state index >= 15 is 0 Å². The van der Waals surface area contributed by atoms with Gasteiger partial charge in [-0.25, -0.2) is 4.79 Å². The molecule has 0 aliphatic carbocycles. The van der Waals surface area contributed by atoms with Gasteiger partial charge in [0.05, 0.1) is 16.4 Å². The molecule has 0 saturated carbocycles. The number of benzene rings is 3. The Hall–Kier alpha value is -3.54. The van der Waals surface area contributed by atoms with Crippen molar-refractivity contribution in [2.45, 2.75) is 45.4 Å². The number of hydrogen-bond acceptors (Lipinski definition) is 4. The maximum Gasteiger partial charge on any atom is 0.425 e. The average molecular weight is 664 g/mol. The molecule has 1 amide bonds. The summed E-state index contributed by atoms with van der Waals surface area (Å²) in [5.41, 5.74) is 2.53. The summed E-state index contributed by atoms with van der Waals surface area (Å²) in [5, 5.41) is 3.51. The van der Waals surface area contributed by atoms with Crippen molar-refractivity contribution >= 4 is 33.4 Å². The van der Waals surface area contributed by atoms with Gasteiger partial charge in [0, 0.05) is 37.2 Å². The first kappa shape index (κ1) is 29.9. The fourth-order valence-corrected chi connectivity index (χ4v) is 5.27. The van der Waals surface area contributed by atoms with Crippen molar-refractivity contribution in [3.05, 3.63) is 115 Å². The second kappa shape index (κ2) is 12.4. The molecule has 0 spiro atoms. The zero-order valence-corrected chi connectivity index (χ0v) is 24.8. The molecule has 1 N–H and O–H groups in total. The van der Waals surface area contributed by atoms with E-state index in [-0.39, 0.29) is 18.0 Å². The number of aromatic nitrogens is 2. The molecule has 4 aromatic rings. The average Bonchev–Trinajstić information content (AvgIpc) is 3.25. The quantitative estimate of drug-likeness (QED) is 0.239. The van der Waals surface area contributed by atoms with E-state index in [4.69, 9.17) is 16.3 Å². The Morgan fingerprint density at radius 2 is 1.76 bits per heavy atom. The van der Waals surface area contributed by atoms with Crippen LogP contribution in [0.4, 0.5) is 13.2 Å². The summed E-state index contributed by atoms with van der Waals surface area (Å²) < 4.78 is 47.6. The molecule has 1 aliphatic heterocycles. The van der Waals surface area contributed by atoms with Gasteiger partial charge in [-0.1, -0.05) is 48.0 Å². The number of alkyl halides is 3. The summed E-state index contributed by atoms with van der Waals surface area (Å²) in [6.07, 6.45) is -6.52. The molecule has 12 heteroatoms. The highest BCUT2D eigenvalue weighted by Crippen LogP contribution is 2.28. The van der Waals surface area contributed by atoms with Crippen LogP contribution in [-0.4, -0.2) is 38.8 Å². The molecule has 1 aromatic heterocycles. The van der Waals surface area contributed by atoms with E-state index < -0.39 is 23.9 Å². The Morgan fingerprint density at radius 1 is 1.05 bits per heavy atom. The topological polar surface area (TPSA) is 68.5 Å². The maximum absolute atomic E-state index is 13.7. The van der Waals surface area contributed by atoms with Crippen molar-refractivity contribution in [2.75, 3.05) is 6.54 Å². The van der Waals surface area contributed by atoms with Crippen LogP contribution in [0.15, 0.2) is 82.1 Å². The molecule has 2 heterocycles. The third-order valence-electron chi connectivity index (χ3n) is 7.03. The van der Waals surface area contributed by atoms with Crippen molar-refractivity contribution in [3.8, 4) is 11.4 Å². The third kappa shape index (κ3) is 6.58. The lowest BCUT2D eigenvalue weighted by Crippen LogP contribution is -2.37. The van der Waals surface area contributed by atoms with Gasteiger partial charge in [0.15, 0.2) is 6.10 Å². The Bertz CT molecular complexity index is 1640. The zero-order chi connectivity index (χ0) is 30.0. The van der Waals surface area contributed by atoms with Crippen LogP contribution in [0.5, 0.6) is 5.75 Å².